The zero-order valence-corrected chi connectivity index (χ0v) is 7.79. The highest BCUT2D eigenvalue weighted by Gasteiger charge is 1.95. The molecule has 0 saturated heterocycles. The minimum Gasteiger partial charge on any atom is -0.298 e. The fourth-order valence-corrected chi connectivity index (χ4v) is 1.54. The fraction of sp³-hybridized carbons (Fsp3) is 0. The van der Waals surface area contributed by atoms with E-state index in [1.54, 1.807) is 0 Å². The first-order valence-corrected chi connectivity index (χ1v) is 4.42. The summed E-state index contributed by atoms with van der Waals surface area (Å²) in [7, 11) is 0. The molecular weight excluding hydrogens is 180 g/mol. The van der Waals surface area contributed by atoms with Crippen LogP contribution in [0.25, 0.3) is 10.8 Å². The number of hydrogen-bond donors (Lipinski definition) is 1. The first kappa shape index (κ1) is 8.32. The van der Waals surface area contributed by atoms with Gasteiger partial charge in [-0.15, -0.1) is 12.6 Å². The summed E-state index contributed by atoms with van der Waals surface area (Å²) in [5.41, 5.74) is 0.708. The highest BCUT2D eigenvalue weighted by molar-refractivity contribution is 7.80. The first-order valence-electron chi connectivity index (χ1n) is 3.97. The van der Waals surface area contributed by atoms with Crippen LogP contribution in [0.2, 0.25) is 0 Å². The SMILES string of the molecule is O=Cc1ccc2cc(S)ccc2c1. The molecule has 0 bridgehead atoms. The van der Waals surface area contributed by atoms with Crippen LogP contribution in [-0.4, -0.2) is 6.29 Å². The second-order valence-corrected chi connectivity index (χ2v) is 3.43. The predicted molar refractivity (Wildman–Crippen MR) is 56.6 cm³/mol. The topological polar surface area (TPSA) is 17.1 Å². The van der Waals surface area contributed by atoms with Gasteiger partial charge >= 0.3 is 0 Å². The van der Waals surface area contributed by atoms with E-state index < -0.39 is 0 Å². The number of thiol groups is 1. The fourth-order valence-electron chi connectivity index (χ4n) is 1.32. The van der Waals surface area contributed by atoms with Gasteiger partial charge in [0.2, 0.25) is 0 Å². The van der Waals surface area contributed by atoms with Crippen molar-refractivity contribution in [2.24, 2.45) is 0 Å². The van der Waals surface area contributed by atoms with Gasteiger partial charge in [0.15, 0.2) is 0 Å². The van der Waals surface area contributed by atoms with E-state index in [1.165, 1.54) is 0 Å². The molecule has 0 aromatic heterocycles. The molecule has 0 saturated carbocycles. The molecule has 0 heterocycles. The van der Waals surface area contributed by atoms with Crippen molar-refractivity contribution in [3.05, 3.63) is 42.0 Å². The molecule has 64 valence electrons. The maximum atomic E-state index is 10.5. The molecule has 0 N–H and O–H groups in total. The van der Waals surface area contributed by atoms with Crippen LogP contribution >= 0.6 is 12.6 Å². The van der Waals surface area contributed by atoms with E-state index in [0.29, 0.717) is 5.56 Å². The Labute approximate surface area is 81.8 Å². The highest BCUT2D eigenvalue weighted by Crippen LogP contribution is 2.18. The third-order valence-electron chi connectivity index (χ3n) is 1.98. The lowest BCUT2D eigenvalue weighted by Crippen LogP contribution is -1.79. The molecule has 2 rings (SSSR count). The molecule has 0 aliphatic rings. The van der Waals surface area contributed by atoms with Gasteiger partial charge in [0.05, 0.1) is 0 Å². The number of carbonyl (C=O) groups excluding carboxylic acids is 1. The molecule has 2 heteroatoms. The lowest BCUT2D eigenvalue weighted by Gasteiger charge is -1.99. The summed E-state index contributed by atoms with van der Waals surface area (Å²) in [6.07, 6.45) is 0.855. The van der Waals surface area contributed by atoms with Crippen molar-refractivity contribution in [2.45, 2.75) is 4.90 Å². The summed E-state index contributed by atoms with van der Waals surface area (Å²) in [4.78, 5) is 11.4. The van der Waals surface area contributed by atoms with Crippen LogP contribution in [0.1, 0.15) is 10.4 Å². The van der Waals surface area contributed by atoms with Gasteiger partial charge in [-0.1, -0.05) is 18.2 Å². The maximum absolute atomic E-state index is 10.5. The van der Waals surface area contributed by atoms with Crippen molar-refractivity contribution in [2.75, 3.05) is 0 Å². The highest BCUT2D eigenvalue weighted by atomic mass is 32.1. The van der Waals surface area contributed by atoms with Gasteiger partial charge in [0.1, 0.15) is 6.29 Å². The molecule has 0 aliphatic carbocycles. The van der Waals surface area contributed by atoms with E-state index >= 15 is 0 Å². The third-order valence-corrected chi connectivity index (χ3v) is 2.26. The molecule has 0 aliphatic heterocycles. The summed E-state index contributed by atoms with van der Waals surface area (Å²) >= 11 is 4.24. The lowest BCUT2D eigenvalue weighted by molar-refractivity contribution is 0.112. The van der Waals surface area contributed by atoms with Crippen LogP contribution in [0.5, 0.6) is 0 Å². The number of aldehydes is 1. The van der Waals surface area contributed by atoms with Crippen LogP contribution < -0.4 is 0 Å². The number of benzene rings is 2. The van der Waals surface area contributed by atoms with E-state index in [0.717, 1.165) is 22.0 Å². The van der Waals surface area contributed by atoms with Crippen molar-refractivity contribution in [1.82, 2.24) is 0 Å². The van der Waals surface area contributed by atoms with Crippen LogP contribution in [-0.2, 0) is 0 Å². The Kier molecular flexibility index (Phi) is 2.07. The Morgan fingerprint density at radius 1 is 1.00 bits per heavy atom. The van der Waals surface area contributed by atoms with E-state index in [4.69, 9.17) is 0 Å². The largest absolute Gasteiger partial charge is 0.298 e. The van der Waals surface area contributed by atoms with Crippen LogP contribution in [0.15, 0.2) is 41.3 Å². The van der Waals surface area contributed by atoms with Crippen LogP contribution in [0, 0.1) is 0 Å². The molecule has 0 unspecified atom stereocenters. The lowest BCUT2D eigenvalue weighted by atomic mass is 10.1. The summed E-state index contributed by atoms with van der Waals surface area (Å²) in [5.74, 6) is 0. The van der Waals surface area contributed by atoms with Crippen molar-refractivity contribution in [3.63, 3.8) is 0 Å². The predicted octanol–water partition coefficient (Wildman–Crippen LogP) is 2.94. The second kappa shape index (κ2) is 3.23. The van der Waals surface area contributed by atoms with Gasteiger partial charge in [-0.2, -0.15) is 0 Å². The molecule has 0 atom stereocenters. The minimum atomic E-state index is 0.708. The summed E-state index contributed by atoms with van der Waals surface area (Å²) in [6, 6.07) is 11.5. The van der Waals surface area contributed by atoms with Gasteiger partial charge in [-0.05, 0) is 29.0 Å². The normalized spacial score (nSPS) is 10.2. The van der Waals surface area contributed by atoms with Crippen molar-refractivity contribution in [1.29, 1.82) is 0 Å². The number of rotatable bonds is 1. The maximum Gasteiger partial charge on any atom is 0.150 e. The molecule has 1 nitrogen and oxygen atoms in total. The van der Waals surface area contributed by atoms with E-state index in [2.05, 4.69) is 12.6 Å². The summed E-state index contributed by atoms with van der Waals surface area (Å²) < 4.78 is 0. The standard InChI is InChI=1S/C11H8OS/c12-7-8-1-2-10-6-11(13)4-3-9(10)5-8/h1-7,13H. The van der Waals surface area contributed by atoms with Gasteiger partial charge in [0, 0.05) is 10.5 Å². The van der Waals surface area contributed by atoms with E-state index in [9.17, 15) is 4.79 Å². The first-order chi connectivity index (χ1) is 6.29. The monoisotopic (exact) mass is 188 g/mol. The Hall–Kier alpha value is -1.28. The average Bonchev–Trinajstić information content (AvgIpc) is 2.17. The van der Waals surface area contributed by atoms with Crippen molar-refractivity contribution >= 4 is 29.7 Å². The number of hydrogen-bond acceptors (Lipinski definition) is 2. The van der Waals surface area contributed by atoms with Gasteiger partial charge in [-0.3, -0.25) is 4.79 Å². The minimum absolute atomic E-state index is 0.708. The summed E-state index contributed by atoms with van der Waals surface area (Å²) in [6.45, 7) is 0. The summed E-state index contributed by atoms with van der Waals surface area (Å²) in [5, 5.41) is 2.18. The molecule has 0 fully saturated rings. The molecule has 2 aromatic carbocycles. The van der Waals surface area contributed by atoms with Crippen LogP contribution in [0.3, 0.4) is 0 Å². The third kappa shape index (κ3) is 1.58. The Balaban J connectivity index is 2.73. The molecule has 0 amide bonds. The Bertz CT molecular complexity index is 463. The zero-order valence-electron chi connectivity index (χ0n) is 6.90. The molecular formula is C11H8OS. The average molecular weight is 188 g/mol. The van der Waals surface area contributed by atoms with Gasteiger partial charge < -0.3 is 0 Å². The van der Waals surface area contributed by atoms with Crippen LogP contribution in [0.4, 0.5) is 0 Å². The van der Waals surface area contributed by atoms with Crippen molar-refractivity contribution < 1.29 is 4.79 Å². The Morgan fingerprint density at radius 3 is 2.46 bits per heavy atom. The second-order valence-electron chi connectivity index (χ2n) is 2.91. The Morgan fingerprint density at radius 2 is 1.69 bits per heavy atom. The molecule has 0 spiro atoms. The number of carbonyl (C=O) groups is 1. The quantitative estimate of drug-likeness (QED) is 0.538. The van der Waals surface area contributed by atoms with E-state index in [-0.39, 0.29) is 0 Å². The van der Waals surface area contributed by atoms with Crippen molar-refractivity contribution in [3.8, 4) is 0 Å². The number of fused-ring (bicyclic) bond motifs is 1. The van der Waals surface area contributed by atoms with Gasteiger partial charge in [0.25, 0.3) is 0 Å². The van der Waals surface area contributed by atoms with Gasteiger partial charge in [-0.25, -0.2) is 0 Å². The molecule has 0 radical (unpaired) electrons. The van der Waals surface area contributed by atoms with E-state index in [1.807, 2.05) is 36.4 Å². The molecule has 13 heavy (non-hydrogen) atoms. The zero-order chi connectivity index (χ0) is 9.26. The molecule has 2 aromatic rings. The smallest absolute Gasteiger partial charge is 0.150 e.